The van der Waals surface area contributed by atoms with Crippen LogP contribution in [-0.4, -0.2) is 22.9 Å². The molecule has 1 aromatic heterocycles. The number of hydrogen-bond donors (Lipinski definition) is 1. The number of aromatic nitrogens is 1. The molecule has 3 nitrogen and oxygen atoms in total. The van der Waals surface area contributed by atoms with Gasteiger partial charge in [0.25, 0.3) is 0 Å². The van der Waals surface area contributed by atoms with Gasteiger partial charge in [0, 0.05) is 41.3 Å². The summed E-state index contributed by atoms with van der Waals surface area (Å²) in [6.07, 6.45) is 6.95. The maximum Gasteiger partial charge on any atom is 0.168 e. The quantitative estimate of drug-likeness (QED) is 0.835. The second kappa shape index (κ2) is 4.14. The number of rotatable bonds is 2. The van der Waals surface area contributed by atoms with Gasteiger partial charge in [0.1, 0.15) is 0 Å². The van der Waals surface area contributed by atoms with Crippen molar-refractivity contribution >= 4 is 16.6 Å². The van der Waals surface area contributed by atoms with Crippen LogP contribution in [0, 0.1) is 5.92 Å². The first kappa shape index (κ1) is 11.1. The van der Waals surface area contributed by atoms with E-state index in [-0.39, 0.29) is 5.92 Å². The predicted molar refractivity (Wildman–Crippen MR) is 74.1 cm³/mol. The van der Waals surface area contributed by atoms with Crippen LogP contribution in [-0.2, 0) is 0 Å². The van der Waals surface area contributed by atoms with E-state index < -0.39 is 0 Å². The van der Waals surface area contributed by atoms with E-state index in [9.17, 15) is 4.79 Å². The highest BCUT2D eigenvalue weighted by atomic mass is 16.1. The molecule has 2 fully saturated rings. The molecule has 2 aliphatic heterocycles. The normalized spacial score (nSPS) is 28.9. The largest absolute Gasteiger partial charge is 0.310 e. The summed E-state index contributed by atoms with van der Waals surface area (Å²) in [6, 6.07) is 8.86. The molecule has 1 aromatic carbocycles. The Morgan fingerprint density at radius 1 is 1.26 bits per heavy atom. The molecule has 96 valence electrons. The van der Waals surface area contributed by atoms with Crippen LogP contribution in [0.5, 0.6) is 0 Å². The molecule has 3 heteroatoms. The van der Waals surface area contributed by atoms with Crippen LogP contribution in [0.2, 0.25) is 0 Å². The first-order chi connectivity index (χ1) is 9.33. The number of ketones is 1. The minimum Gasteiger partial charge on any atom is -0.310 e. The van der Waals surface area contributed by atoms with Gasteiger partial charge in [-0.15, -0.1) is 0 Å². The van der Waals surface area contributed by atoms with Gasteiger partial charge in [-0.05, 0) is 30.7 Å². The first-order valence-corrected chi connectivity index (χ1v) is 6.96. The number of fused-ring (bicyclic) bond motifs is 3. The van der Waals surface area contributed by atoms with Crippen LogP contribution < -0.4 is 5.32 Å². The van der Waals surface area contributed by atoms with E-state index in [0.717, 1.165) is 29.2 Å². The Morgan fingerprint density at radius 3 is 3.00 bits per heavy atom. The summed E-state index contributed by atoms with van der Waals surface area (Å²) >= 11 is 0. The molecule has 2 aromatic rings. The fourth-order valence-electron chi connectivity index (χ4n) is 3.64. The molecule has 19 heavy (non-hydrogen) atoms. The summed E-state index contributed by atoms with van der Waals surface area (Å²) in [5.41, 5.74) is 0.838. The number of Topliss-reactive ketones (excluding diaryl/α,β-unsaturated/α-hetero) is 1. The second-order valence-corrected chi connectivity index (χ2v) is 5.66. The van der Waals surface area contributed by atoms with Gasteiger partial charge in [-0.2, -0.15) is 0 Å². The molecule has 0 radical (unpaired) electrons. The van der Waals surface area contributed by atoms with E-state index in [4.69, 9.17) is 0 Å². The Bertz CT molecular complexity index is 647. The van der Waals surface area contributed by atoms with Crippen molar-refractivity contribution in [2.24, 2.45) is 5.92 Å². The molecule has 1 N–H and O–H groups in total. The average Bonchev–Trinajstić information content (AvgIpc) is 3.08. The van der Waals surface area contributed by atoms with E-state index in [1.807, 2.05) is 30.5 Å². The van der Waals surface area contributed by atoms with Gasteiger partial charge in [0.15, 0.2) is 5.78 Å². The number of hydrogen-bond acceptors (Lipinski definition) is 3. The number of nitrogens with one attached hydrogen (secondary N) is 1. The minimum atomic E-state index is 0.157. The maximum atomic E-state index is 12.8. The van der Waals surface area contributed by atoms with Gasteiger partial charge >= 0.3 is 0 Å². The summed E-state index contributed by atoms with van der Waals surface area (Å²) < 4.78 is 0. The van der Waals surface area contributed by atoms with E-state index >= 15 is 0 Å². The maximum absolute atomic E-state index is 12.8. The molecule has 2 saturated heterocycles. The van der Waals surface area contributed by atoms with Crippen LogP contribution in [0.3, 0.4) is 0 Å². The van der Waals surface area contributed by atoms with Crippen molar-refractivity contribution in [1.82, 2.24) is 10.3 Å². The first-order valence-electron chi connectivity index (χ1n) is 6.96. The molecule has 3 heterocycles. The predicted octanol–water partition coefficient (Wildman–Crippen LogP) is 2.56. The fraction of sp³-hybridized carbons (Fsp3) is 0.375. The lowest BCUT2D eigenvalue weighted by Gasteiger charge is -2.19. The SMILES string of the molecule is O=C(c1cccc2ccncc12)C1CC2CCC1N2. The molecule has 0 spiro atoms. The van der Waals surface area contributed by atoms with Crippen LogP contribution in [0.15, 0.2) is 36.7 Å². The summed E-state index contributed by atoms with van der Waals surface area (Å²) in [7, 11) is 0. The Balaban J connectivity index is 1.76. The third kappa shape index (κ3) is 1.69. The zero-order valence-electron chi connectivity index (χ0n) is 10.7. The summed E-state index contributed by atoms with van der Waals surface area (Å²) in [6.45, 7) is 0. The number of carbonyl (C=O) groups is 1. The summed E-state index contributed by atoms with van der Waals surface area (Å²) in [5, 5.41) is 5.62. The molecule has 2 aliphatic rings. The third-order valence-corrected chi connectivity index (χ3v) is 4.59. The highest BCUT2D eigenvalue weighted by molar-refractivity contribution is 6.09. The van der Waals surface area contributed by atoms with Gasteiger partial charge in [-0.25, -0.2) is 0 Å². The highest BCUT2D eigenvalue weighted by Crippen LogP contribution is 2.36. The molecular formula is C16H16N2O. The van der Waals surface area contributed by atoms with Crippen molar-refractivity contribution < 1.29 is 4.79 Å². The molecule has 0 aliphatic carbocycles. The van der Waals surface area contributed by atoms with E-state index in [1.165, 1.54) is 6.42 Å². The lowest BCUT2D eigenvalue weighted by atomic mass is 9.83. The van der Waals surface area contributed by atoms with E-state index in [0.29, 0.717) is 17.9 Å². The van der Waals surface area contributed by atoms with Gasteiger partial charge < -0.3 is 5.32 Å². The van der Waals surface area contributed by atoms with Crippen LogP contribution >= 0.6 is 0 Å². The summed E-state index contributed by atoms with van der Waals surface area (Å²) in [5.74, 6) is 0.447. The monoisotopic (exact) mass is 252 g/mol. The number of pyridine rings is 1. The number of carbonyl (C=O) groups excluding carboxylic acids is 1. The van der Waals surface area contributed by atoms with Crippen molar-refractivity contribution in [3.63, 3.8) is 0 Å². The van der Waals surface area contributed by atoms with Crippen molar-refractivity contribution in [2.75, 3.05) is 0 Å². The van der Waals surface area contributed by atoms with Gasteiger partial charge in [-0.1, -0.05) is 18.2 Å². The second-order valence-electron chi connectivity index (χ2n) is 5.66. The lowest BCUT2D eigenvalue weighted by molar-refractivity contribution is 0.0902. The van der Waals surface area contributed by atoms with Crippen LogP contribution in [0.25, 0.3) is 10.8 Å². The van der Waals surface area contributed by atoms with Crippen molar-refractivity contribution in [1.29, 1.82) is 0 Å². The van der Waals surface area contributed by atoms with Crippen LogP contribution in [0.4, 0.5) is 0 Å². The van der Waals surface area contributed by atoms with Crippen molar-refractivity contribution in [3.05, 3.63) is 42.2 Å². The number of nitrogens with zero attached hydrogens (tertiary/aromatic N) is 1. The van der Waals surface area contributed by atoms with Crippen molar-refractivity contribution in [2.45, 2.75) is 31.3 Å². The molecule has 2 bridgehead atoms. The Hall–Kier alpha value is -1.74. The average molecular weight is 252 g/mol. The molecule has 4 rings (SSSR count). The fourth-order valence-corrected chi connectivity index (χ4v) is 3.64. The Morgan fingerprint density at radius 2 is 2.21 bits per heavy atom. The molecule has 0 amide bonds. The topological polar surface area (TPSA) is 42.0 Å². The Kier molecular flexibility index (Phi) is 2.42. The zero-order chi connectivity index (χ0) is 12.8. The standard InChI is InChI=1S/C16H16N2O/c19-16(13-8-11-4-5-15(13)18-11)12-3-1-2-10-6-7-17-9-14(10)12/h1-3,6-7,9,11,13,15,18H,4-5,8H2. The highest BCUT2D eigenvalue weighted by Gasteiger charge is 2.43. The van der Waals surface area contributed by atoms with Gasteiger partial charge in [0.05, 0.1) is 0 Å². The smallest absolute Gasteiger partial charge is 0.168 e. The third-order valence-electron chi connectivity index (χ3n) is 4.59. The summed E-state index contributed by atoms with van der Waals surface area (Å²) in [4.78, 5) is 16.9. The molecule has 3 atom stereocenters. The molecule has 0 saturated carbocycles. The van der Waals surface area contributed by atoms with E-state index in [2.05, 4.69) is 10.3 Å². The van der Waals surface area contributed by atoms with Crippen LogP contribution in [0.1, 0.15) is 29.6 Å². The molecular weight excluding hydrogens is 236 g/mol. The van der Waals surface area contributed by atoms with Crippen molar-refractivity contribution in [3.8, 4) is 0 Å². The van der Waals surface area contributed by atoms with Gasteiger partial charge in [-0.3, -0.25) is 9.78 Å². The Labute approximate surface area is 112 Å². The zero-order valence-corrected chi connectivity index (χ0v) is 10.7. The lowest BCUT2D eigenvalue weighted by Crippen LogP contribution is -2.28. The van der Waals surface area contributed by atoms with E-state index in [1.54, 1.807) is 6.20 Å². The minimum absolute atomic E-state index is 0.157. The number of benzene rings is 1. The van der Waals surface area contributed by atoms with Gasteiger partial charge in [0.2, 0.25) is 0 Å². The molecule has 3 unspecified atom stereocenters.